The van der Waals surface area contributed by atoms with Gasteiger partial charge in [-0.1, -0.05) is 11.6 Å². The van der Waals surface area contributed by atoms with E-state index in [1.807, 2.05) is 13.8 Å². The maximum atomic E-state index is 11.7. The molecule has 0 bridgehead atoms. The molecule has 0 amide bonds. The molecule has 0 radical (unpaired) electrons. The first-order chi connectivity index (χ1) is 7.00. The Hall–Kier alpha value is -0.380. The van der Waals surface area contributed by atoms with E-state index < -0.39 is 0 Å². The average Bonchev–Trinajstić information content (AvgIpc) is 2.14. The summed E-state index contributed by atoms with van der Waals surface area (Å²) < 4.78 is 5.94. The zero-order valence-corrected chi connectivity index (χ0v) is 10.9. The number of carbonyl (C=O) groups excluding carboxylic acids is 1. The van der Waals surface area contributed by atoms with E-state index in [0.29, 0.717) is 15.1 Å². The molecule has 2 nitrogen and oxygen atoms in total. The van der Waals surface area contributed by atoms with Crippen LogP contribution in [0.15, 0.2) is 22.7 Å². The number of carbonyl (C=O) groups is 1. The summed E-state index contributed by atoms with van der Waals surface area (Å²) in [5.74, 6) is -0.0489. The molecule has 0 atom stereocenters. The van der Waals surface area contributed by atoms with Gasteiger partial charge in [0.05, 0.1) is 6.10 Å². The molecule has 0 aliphatic rings. The second kappa shape index (κ2) is 5.64. The van der Waals surface area contributed by atoms with Crippen molar-refractivity contribution in [3.8, 4) is 0 Å². The number of hydrogen-bond acceptors (Lipinski definition) is 2. The monoisotopic (exact) mass is 290 g/mol. The number of halogens is 2. The van der Waals surface area contributed by atoms with Gasteiger partial charge in [-0.3, -0.25) is 4.79 Å². The molecule has 0 heterocycles. The van der Waals surface area contributed by atoms with Gasteiger partial charge in [0.2, 0.25) is 0 Å². The molecule has 4 heteroatoms. The maximum Gasteiger partial charge on any atom is 0.189 e. The van der Waals surface area contributed by atoms with Crippen LogP contribution in [0.5, 0.6) is 0 Å². The molecule has 1 aromatic carbocycles. The minimum Gasteiger partial charge on any atom is -0.371 e. The SMILES string of the molecule is CC(C)OCC(=O)c1ccc(Cl)cc1Br. The first kappa shape index (κ1) is 12.7. The zero-order chi connectivity index (χ0) is 11.4. The Morgan fingerprint density at radius 3 is 2.73 bits per heavy atom. The third-order valence-corrected chi connectivity index (χ3v) is 2.67. The standard InChI is InChI=1S/C11H12BrClO2/c1-7(2)15-6-11(14)9-4-3-8(13)5-10(9)12/h3-5,7H,6H2,1-2H3. The van der Waals surface area contributed by atoms with Crippen LogP contribution in [0.3, 0.4) is 0 Å². The Kier molecular flexibility index (Phi) is 4.77. The number of Topliss-reactive ketones (excluding diaryl/α,β-unsaturated/α-hetero) is 1. The van der Waals surface area contributed by atoms with Gasteiger partial charge in [-0.25, -0.2) is 0 Å². The highest BCUT2D eigenvalue weighted by Gasteiger charge is 2.11. The fraction of sp³-hybridized carbons (Fsp3) is 0.364. The molecule has 0 aliphatic heterocycles. The minimum absolute atomic E-state index is 0.0489. The van der Waals surface area contributed by atoms with Gasteiger partial charge >= 0.3 is 0 Å². The van der Waals surface area contributed by atoms with Crippen LogP contribution < -0.4 is 0 Å². The summed E-state index contributed by atoms with van der Waals surface area (Å²) in [7, 11) is 0. The molecular formula is C11H12BrClO2. The predicted molar refractivity (Wildman–Crippen MR) is 64.6 cm³/mol. The normalized spacial score (nSPS) is 10.7. The van der Waals surface area contributed by atoms with Gasteiger partial charge in [-0.05, 0) is 48.0 Å². The van der Waals surface area contributed by atoms with Crippen molar-refractivity contribution in [1.29, 1.82) is 0 Å². The highest BCUT2D eigenvalue weighted by atomic mass is 79.9. The molecule has 0 fully saturated rings. The number of ketones is 1. The summed E-state index contributed by atoms with van der Waals surface area (Å²) in [5.41, 5.74) is 0.597. The van der Waals surface area contributed by atoms with Gasteiger partial charge in [0.1, 0.15) is 6.61 Å². The van der Waals surface area contributed by atoms with E-state index in [9.17, 15) is 4.79 Å². The van der Waals surface area contributed by atoms with E-state index in [1.54, 1.807) is 18.2 Å². The number of ether oxygens (including phenoxy) is 1. The minimum atomic E-state index is -0.0489. The number of benzene rings is 1. The quantitative estimate of drug-likeness (QED) is 0.791. The smallest absolute Gasteiger partial charge is 0.189 e. The van der Waals surface area contributed by atoms with E-state index in [2.05, 4.69) is 15.9 Å². The molecule has 0 aliphatic carbocycles. The van der Waals surface area contributed by atoms with Gasteiger partial charge in [0.15, 0.2) is 5.78 Å². The van der Waals surface area contributed by atoms with Gasteiger partial charge in [-0.15, -0.1) is 0 Å². The van der Waals surface area contributed by atoms with Crippen LogP contribution in [0.2, 0.25) is 5.02 Å². The van der Waals surface area contributed by atoms with Crippen molar-refractivity contribution in [3.05, 3.63) is 33.3 Å². The lowest BCUT2D eigenvalue weighted by molar-refractivity contribution is 0.0584. The van der Waals surface area contributed by atoms with Gasteiger partial charge in [0.25, 0.3) is 0 Å². The fourth-order valence-electron chi connectivity index (χ4n) is 1.04. The summed E-state index contributed by atoms with van der Waals surface area (Å²) in [6, 6.07) is 5.08. The summed E-state index contributed by atoms with van der Waals surface area (Å²) in [6.07, 6.45) is 0.0556. The maximum absolute atomic E-state index is 11.7. The van der Waals surface area contributed by atoms with Crippen LogP contribution in [-0.4, -0.2) is 18.5 Å². The summed E-state index contributed by atoms with van der Waals surface area (Å²) in [4.78, 5) is 11.7. The first-order valence-corrected chi connectivity index (χ1v) is 5.77. The molecule has 1 aromatic rings. The molecule has 0 saturated heterocycles. The van der Waals surface area contributed by atoms with Gasteiger partial charge in [0, 0.05) is 15.1 Å². The third-order valence-electron chi connectivity index (χ3n) is 1.78. The number of rotatable bonds is 4. The molecule has 15 heavy (non-hydrogen) atoms. The van der Waals surface area contributed by atoms with Crippen LogP contribution in [0, 0.1) is 0 Å². The van der Waals surface area contributed by atoms with Crippen molar-refractivity contribution in [3.63, 3.8) is 0 Å². The van der Waals surface area contributed by atoms with E-state index in [0.717, 1.165) is 0 Å². The molecule has 0 unspecified atom stereocenters. The van der Waals surface area contributed by atoms with Crippen LogP contribution in [0.25, 0.3) is 0 Å². The van der Waals surface area contributed by atoms with Crippen molar-refractivity contribution in [2.75, 3.05) is 6.61 Å². The van der Waals surface area contributed by atoms with Crippen LogP contribution in [0.1, 0.15) is 24.2 Å². The van der Waals surface area contributed by atoms with Crippen molar-refractivity contribution in [2.45, 2.75) is 20.0 Å². The molecule has 0 saturated carbocycles. The zero-order valence-electron chi connectivity index (χ0n) is 8.59. The van der Waals surface area contributed by atoms with Gasteiger partial charge < -0.3 is 4.74 Å². The van der Waals surface area contributed by atoms with E-state index in [1.165, 1.54) is 0 Å². The van der Waals surface area contributed by atoms with E-state index >= 15 is 0 Å². The Labute approximate surface area is 103 Å². The highest BCUT2D eigenvalue weighted by molar-refractivity contribution is 9.10. The predicted octanol–water partition coefficient (Wildman–Crippen LogP) is 3.71. The average molecular weight is 292 g/mol. The van der Waals surface area contributed by atoms with Crippen molar-refractivity contribution in [1.82, 2.24) is 0 Å². The van der Waals surface area contributed by atoms with Crippen LogP contribution in [-0.2, 0) is 4.74 Å². The van der Waals surface area contributed by atoms with E-state index in [4.69, 9.17) is 16.3 Å². The first-order valence-electron chi connectivity index (χ1n) is 4.60. The molecular weight excluding hydrogens is 279 g/mol. The molecule has 82 valence electrons. The lowest BCUT2D eigenvalue weighted by Crippen LogP contribution is -2.13. The summed E-state index contributed by atoms with van der Waals surface area (Å²) >= 11 is 9.07. The second-order valence-electron chi connectivity index (χ2n) is 3.41. The Balaban J connectivity index is 2.74. The molecule has 0 N–H and O–H groups in total. The topological polar surface area (TPSA) is 26.3 Å². The van der Waals surface area contributed by atoms with Crippen LogP contribution >= 0.6 is 27.5 Å². The van der Waals surface area contributed by atoms with E-state index in [-0.39, 0.29) is 18.5 Å². The van der Waals surface area contributed by atoms with Crippen molar-refractivity contribution in [2.24, 2.45) is 0 Å². The Bertz CT molecular complexity index is 364. The molecule has 0 aromatic heterocycles. The fourth-order valence-corrected chi connectivity index (χ4v) is 1.94. The largest absolute Gasteiger partial charge is 0.371 e. The highest BCUT2D eigenvalue weighted by Crippen LogP contribution is 2.22. The van der Waals surface area contributed by atoms with Gasteiger partial charge in [-0.2, -0.15) is 0 Å². The lowest BCUT2D eigenvalue weighted by Gasteiger charge is -2.07. The summed E-state index contributed by atoms with van der Waals surface area (Å²) in [6.45, 7) is 3.88. The molecule has 0 spiro atoms. The third kappa shape index (κ3) is 3.93. The van der Waals surface area contributed by atoms with Crippen molar-refractivity contribution < 1.29 is 9.53 Å². The number of hydrogen-bond donors (Lipinski definition) is 0. The molecule has 1 rings (SSSR count). The Morgan fingerprint density at radius 1 is 1.53 bits per heavy atom. The summed E-state index contributed by atoms with van der Waals surface area (Å²) in [5, 5.41) is 0.600. The lowest BCUT2D eigenvalue weighted by atomic mass is 10.1. The second-order valence-corrected chi connectivity index (χ2v) is 4.70. The van der Waals surface area contributed by atoms with Crippen molar-refractivity contribution >= 4 is 33.3 Å². The van der Waals surface area contributed by atoms with Crippen LogP contribution in [0.4, 0.5) is 0 Å². The Morgan fingerprint density at radius 2 is 2.20 bits per heavy atom.